The number of rotatable bonds is 6. The normalized spacial score (nSPS) is 11.6. The molecule has 110 valence electrons. The van der Waals surface area contributed by atoms with E-state index >= 15 is 0 Å². The summed E-state index contributed by atoms with van der Waals surface area (Å²) in [5, 5.41) is 14.2. The molecule has 1 unspecified atom stereocenters. The molecule has 7 nitrogen and oxygen atoms in total. The van der Waals surface area contributed by atoms with Gasteiger partial charge in [-0.1, -0.05) is 30.3 Å². The standard InChI is InChI=1S/C14H16N4O3/c19-13(20)12(10-4-2-1-3-5-10)18-14(21)16-7-6-11-8-15-9-17-11/h1-5,8-9,12H,6-7H2,(H,15,17)(H,19,20)(H2,16,18,21). The minimum absolute atomic E-state index is 0.384. The van der Waals surface area contributed by atoms with E-state index in [4.69, 9.17) is 0 Å². The van der Waals surface area contributed by atoms with Crippen LogP contribution in [0, 0.1) is 0 Å². The van der Waals surface area contributed by atoms with Crippen LogP contribution in [0.1, 0.15) is 17.3 Å². The van der Waals surface area contributed by atoms with Gasteiger partial charge in [0.15, 0.2) is 6.04 Å². The second-order valence-electron chi connectivity index (χ2n) is 4.41. The minimum Gasteiger partial charge on any atom is -0.479 e. The van der Waals surface area contributed by atoms with E-state index in [9.17, 15) is 14.7 Å². The van der Waals surface area contributed by atoms with Gasteiger partial charge in [0.05, 0.1) is 6.33 Å². The second kappa shape index (κ2) is 7.09. The first-order valence-electron chi connectivity index (χ1n) is 6.46. The smallest absolute Gasteiger partial charge is 0.330 e. The fraction of sp³-hybridized carbons (Fsp3) is 0.214. The average Bonchev–Trinajstić information content (AvgIpc) is 2.98. The van der Waals surface area contributed by atoms with Crippen LogP contribution in [0.5, 0.6) is 0 Å². The molecule has 2 amide bonds. The Morgan fingerprint density at radius 2 is 2.05 bits per heavy atom. The summed E-state index contributed by atoms with van der Waals surface area (Å²) in [5.41, 5.74) is 1.42. The van der Waals surface area contributed by atoms with Gasteiger partial charge in [0, 0.05) is 24.9 Å². The first kappa shape index (κ1) is 14.6. The van der Waals surface area contributed by atoms with E-state index in [1.54, 1.807) is 42.9 Å². The van der Waals surface area contributed by atoms with Crippen LogP contribution in [-0.2, 0) is 11.2 Å². The maximum absolute atomic E-state index is 11.7. The van der Waals surface area contributed by atoms with E-state index in [1.165, 1.54) is 0 Å². The summed E-state index contributed by atoms with van der Waals surface area (Å²) in [6, 6.07) is 6.95. The zero-order valence-electron chi connectivity index (χ0n) is 11.2. The van der Waals surface area contributed by atoms with Crippen molar-refractivity contribution in [1.29, 1.82) is 0 Å². The van der Waals surface area contributed by atoms with Crippen LogP contribution in [0.3, 0.4) is 0 Å². The molecule has 0 saturated carbocycles. The lowest BCUT2D eigenvalue weighted by Gasteiger charge is -2.15. The van der Waals surface area contributed by atoms with E-state index in [0.29, 0.717) is 18.5 Å². The van der Waals surface area contributed by atoms with Gasteiger partial charge in [-0.25, -0.2) is 14.6 Å². The van der Waals surface area contributed by atoms with Crippen molar-refractivity contribution in [3.63, 3.8) is 0 Å². The largest absolute Gasteiger partial charge is 0.479 e. The SMILES string of the molecule is O=C(NCCc1cnc[nH]1)NC(C(=O)O)c1ccccc1. The van der Waals surface area contributed by atoms with Gasteiger partial charge in [0.2, 0.25) is 0 Å². The van der Waals surface area contributed by atoms with Crippen LogP contribution in [0.4, 0.5) is 4.79 Å². The molecule has 0 fully saturated rings. The number of H-pyrrole nitrogens is 1. The molecule has 1 heterocycles. The third-order valence-electron chi connectivity index (χ3n) is 2.89. The molecular formula is C14H16N4O3. The van der Waals surface area contributed by atoms with Gasteiger partial charge in [-0.15, -0.1) is 0 Å². The number of nitrogens with zero attached hydrogens (tertiary/aromatic N) is 1. The molecule has 0 bridgehead atoms. The van der Waals surface area contributed by atoms with E-state index in [2.05, 4.69) is 20.6 Å². The molecule has 0 radical (unpaired) electrons. The van der Waals surface area contributed by atoms with Gasteiger partial charge < -0.3 is 20.7 Å². The lowest BCUT2D eigenvalue weighted by molar-refractivity contribution is -0.139. The number of aromatic nitrogens is 2. The number of nitrogens with one attached hydrogen (secondary N) is 3. The van der Waals surface area contributed by atoms with E-state index in [0.717, 1.165) is 5.69 Å². The third kappa shape index (κ3) is 4.34. The van der Waals surface area contributed by atoms with Crippen molar-refractivity contribution in [2.24, 2.45) is 0 Å². The molecule has 1 atom stereocenters. The molecule has 1 aromatic carbocycles. The van der Waals surface area contributed by atoms with E-state index in [-0.39, 0.29) is 0 Å². The molecule has 1 aromatic heterocycles. The van der Waals surface area contributed by atoms with Crippen LogP contribution < -0.4 is 10.6 Å². The summed E-state index contributed by atoms with van der Waals surface area (Å²) in [6.07, 6.45) is 3.82. The van der Waals surface area contributed by atoms with E-state index < -0.39 is 18.0 Å². The maximum atomic E-state index is 11.7. The van der Waals surface area contributed by atoms with Gasteiger partial charge in [0.1, 0.15) is 0 Å². The summed E-state index contributed by atoms with van der Waals surface area (Å²) in [6.45, 7) is 0.384. The molecule has 0 spiro atoms. The number of carboxylic acid groups (broad SMARTS) is 1. The molecule has 0 aliphatic carbocycles. The number of aliphatic carboxylic acids is 1. The number of benzene rings is 1. The first-order valence-corrected chi connectivity index (χ1v) is 6.46. The molecular weight excluding hydrogens is 272 g/mol. The van der Waals surface area contributed by atoms with Crippen molar-refractivity contribution in [3.8, 4) is 0 Å². The lowest BCUT2D eigenvalue weighted by atomic mass is 10.1. The van der Waals surface area contributed by atoms with Crippen molar-refractivity contribution in [2.75, 3.05) is 6.54 Å². The number of carboxylic acids is 1. The van der Waals surface area contributed by atoms with Gasteiger partial charge in [-0.2, -0.15) is 0 Å². The average molecular weight is 288 g/mol. The highest BCUT2D eigenvalue weighted by Gasteiger charge is 2.21. The number of urea groups is 1. The highest BCUT2D eigenvalue weighted by atomic mass is 16.4. The topological polar surface area (TPSA) is 107 Å². The Morgan fingerprint density at radius 3 is 2.67 bits per heavy atom. The monoisotopic (exact) mass is 288 g/mol. The van der Waals surface area contributed by atoms with Crippen LogP contribution in [0.2, 0.25) is 0 Å². The molecule has 7 heteroatoms. The summed E-state index contributed by atoms with van der Waals surface area (Å²) in [5.74, 6) is -1.11. The van der Waals surface area contributed by atoms with Crippen molar-refractivity contribution in [1.82, 2.24) is 20.6 Å². The number of amides is 2. The van der Waals surface area contributed by atoms with E-state index in [1.807, 2.05) is 0 Å². The van der Waals surface area contributed by atoms with Gasteiger partial charge in [-0.3, -0.25) is 0 Å². The summed E-state index contributed by atoms with van der Waals surface area (Å²) in [4.78, 5) is 29.8. The van der Waals surface area contributed by atoms with Gasteiger partial charge in [-0.05, 0) is 5.56 Å². The van der Waals surface area contributed by atoms with Gasteiger partial charge in [0.25, 0.3) is 0 Å². The molecule has 2 rings (SSSR count). The molecule has 0 aliphatic heterocycles. The van der Waals surface area contributed by atoms with Crippen molar-refractivity contribution in [3.05, 3.63) is 54.1 Å². The predicted octanol–water partition coefficient (Wildman–Crippen LogP) is 1.08. The minimum atomic E-state index is -1.11. The summed E-state index contributed by atoms with van der Waals surface area (Å²) >= 11 is 0. The molecule has 0 saturated heterocycles. The number of hydrogen-bond donors (Lipinski definition) is 4. The highest BCUT2D eigenvalue weighted by molar-refractivity contribution is 5.83. The van der Waals surface area contributed by atoms with Crippen molar-refractivity contribution >= 4 is 12.0 Å². The first-order chi connectivity index (χ1) is 10.2. The van der Waals surface area contributed by atoms with Crippen molar-refractivity contribution in [2.45, 2.75) is 12.5 Å². The summed E-state index contributed by atoms with van der Waals surface area (Å²) in [7, 11) is 0. The number of carbonyl (C=O) groups excluding carboxylic acids is 1. The van der Waals surface area contributed by atoms with Crippen LogP contribution >= 0.6 is 0 Å². The Balaban J connectivity index is 1.85. The molecule has 21 heavy (non-hydrogen) atoms. The zero-order chi connectivity index (χ0) is 15.1. The van der Waals surface area contributed by atoms with Crippen molar-refractivity contribution < 1.29 is 14.7 Å². The maximum Gasteiger partial charge on any atom is 0.330 e. The number of carbonyl (C=O) groups is 2. The van der Waals surface area contributed by atoms with Crippen LogP contribution in [0.15, 0.2) is 42.9 Å². The molecule has 0 aliphatic rings. The molecule has 2 aromatic rings. The summed E-state index contributed by atoms with van der Waals surface area (Å²) < 4.78 is 0. The fourth-order valence-corrected chi connectivity index (χ4v) is 1.85. The predicted molar refractivity (Wildman–Crippen MR) is 75.6 cm³/mol. The van der Waals surface area contributed by atoms with Crippen LogP contribution in [0.25, 0.3) is 0 Å². The Bertz CT molecular complexity index is 584. The Hall–Kier alpha value is -2.83. The third-order valence-corrected chi connectivity index (χ3v) is 2.89. The second-order valence-corrected chi connectivity index (χ2v) is 4.41. The van der Waals surface area contributed by atoms with Crippen LogP contribution in [-0.4, -0.2) is 33.6 Å². The Kier molecular flexibility index (Phi) is 4.92. The van der Waals surface area contributed by atoms with Gasteiger partial charge >= 0.3 is 12.0 Å². The Labute approximate surface area is 121 Å². The fourth-order valence-electron chi connectivity index (χ4n) is 1.85. The number of aromatic amines is 1. The molecule has 4 N–H and O–H groups in total. The number of hydrogen-bond acceptors (Lipinski definition) is 3. The number of imidazole rings is 1. The Morgan fingerprint density at radius 1 is 1.29 bits per heavy atom. The zero-order valence-corrected chi connectivity index (χ0v) is 11.2. The highest BCUT2D eigenvalue weighted by Crippen LogP contribution is 2.12. The quantitative estimate of drug-likeness (QED) is 0.638. The lowest BCUT2D eigenvalue weighted by Crippen LogP contribution is -2.41.